The summed E-state index contributed by atoms with van der Waals surface area (Å²) in [6.45, 7) is 6.23. The minimum atomic E-state index is -0.103. The quantitative estimate of drug-likeness (QED) is 0.560. The van der Waals surface area contributed by atoms with Gasteiger partial charge >= 0.3 is 0 Å². The van der Waals surface area contributed by atoms with Crippen LogP contribution in [0.1, 0.15) is 26.3 Å². The Bertz CT molecular complexity index is 596. The topological polar surface area (TPSA) is 74.8 Å². The molecule has 0 amide bonds. The second-order valence-electron chi connectivity index (χ2n) is 5.35. The lowest BCUT2D eigenvalue weighted by molar-refractivity contribution is 0.635. The minimum absolute atomic E-state index is 0.0278. The molecule has 4 nitrogen and oxygen atoms in total. The van der Waals surface area contributed by atoms with E-state index in [0.29, 0.717) is 5.56 Å². The van der Waals surface area contributed by atoms with Gasteiger partial charge in [-0.15, -0.1) is 0 Å². The third kappa shape index (κ3) is 2.42. The Kier molecular flexibility index (Phi) is 2.95. The molecule has 0 saturated carbocycles. The fraction of sp³-hybridized carbons (Fsp3) is 0.286. The molecule has 0 bridgehead atoms. The van der Waals surface area contributed by atoms with Crippen molar-refractivity contribution >= 4 is 22.4 Å². The minimum Gasteiger partial charge on any atom is -0.384 e. The van der Waals surface area contributed by atoms with E-state index < -0.39 is 0 Å². The molecule has 0 atom stereocenters. The summed E-state index contributed by atoms with van der Waals surface area (Å²) in [6, 6.07) is 7.85. The Labute approximate surface area is 107 Å². The highest BCUT2D eigenvalue weighted by atomic mass is 15.0. The molecule has 4 N–H and O–H groups in total. The Morgan fingerprint density at radius 3 is 2.56 bits per heavy atom. The molecule has 18 heavy (non-hydrogen) atoms. The van der Waals surface area contributed by atoms with Gasteiger partial charge in [-0.1, -0.05) is 18.2 Å². The van der Waals surface area contributed by atoms with Crippen molar-refractivity contribution in [1.82, 2.24) is 4.98 Å². The molecule has 0 saturated heterocycles. The van der Waals surface area contributed by atoms with E-state index in [2.05, 4.69) is 31.1 Å². The lowest BCUT2D eigenvalue weighted by Gasteiger charge is -2.25. The fourth-order valence-corrected chi connectivity index (χ4v) is 1.86. The van der Waals surface area contributed by atoms with Crippen LogP contribution in [0.15, 0.2) is 30.5 Å². The monoisotopic (exact) mass is 242 g/mol. The van der Waals surface area contributed by atoms with Gasteiger partial charge in [0.2, 0.25) is 0 Å². The average Bonchev–Trinajstić information content (AvgIpc) is 2.27. The van der Waals surface area contributed by atoms with E-state index in [4.69, 9.17) is 11.1 Å². The van der Waals surface area contributed by atoms with E-state index in [1.165, 1.54) is 0 Å². The number of para-hydroxylation sites is 1. The van der Waals surface area contributed by atoms with Crippen molar-refractivity contribution in [3.63, 3.8) is 0 Å². The Morgan fingerprint density at radius 1 is 1.28 bits per heavy atom. The first-order valence-electron chi connectivity index (χ1n) is 5.89. The van der Waals surface area contributed by atoms with Gasteiger partial charge in [-0.25, -0.2) is 0 Å². The van der Waals surface area contributed by atoms with Gasteiger partial charge in [0.15, 0.2) is 0 Å². The first kappa shape index (κ1) is 12.4. The number of aromatic nitrogens is 1. The van der Waals surface area contributed by atoms with Gasteiger partial charge in [-0.3, -0.25) is 10.4 Å². The Morgan fingerprint density at radius 2 is 1.94 bits per heavy atom. The zero-order valence-corrected chi connectivity index (χ0v) is 10.9. The van der Waals surface area contributed by atoms with Crippen molar-refractivity contribution in [3.8, 4) is 0 Å². The lowest BCUT2D eigenvalue weighted by Crippen LogP contribution is -2.28. The van der Waals surface area contributed by atoms with Gasteiger partial charge in [0.1, 0.15) is 5.84 Å². The SMILES string of the molecule is CC(C)(C)Nc1c(C(=N)N)cnc2ccccc12. The molecule has 0 unspecified atom stereocenters. The summed E-state index contributed by atoms with van der Waals surface area (Å²) in [6.07, 6.45) is 1.65. The van der Waals surface area contributed by atoms with Crippen LogP contribution in [0.5, 0.6) is 0 Å². The number of benzene rings is 1. The van der Waals surface area contributed by atoms with Crippen LogP contribution < -0.4 is 11.1 Å². The number of nitrogen functional groups attached to an aromatic ring is 1. The molecule has 0 aliphatic carbocycles. The number of amidine groups is 1. The van der Waals surface area contributed by atoms with Gasteiger partial charge in [0, 0.05) is 17.1 Å². The molecule has 0 spiro atoms. The smallest absolute Gasteiger partial charge is 0.126 e. The third-order valence-corrected chi connectivity index (χ3v) is 2.57. The maximum atomic E-state index is 7.66. The summed E-state index contributed by atoms with van der Waals surface area (Å²) >= 11 is 0. The van der Waals surface area contributed by atoms with Crippen molar-refractivity contribution in [1.29, 1.82) is 5.41 Å². The van der Waals surface area contributed by atoms with Crippen LogP contribution in [0.2, 0.25) is 0 Å². The van der Waals surface area contributed by atoms with E-state index in [-0.39, 0.29) is 11.4 Å². The van der Waals surface area contributed by atoms with E-state index in [0.717, 1.165) is 16.6 Å². The second kappa shape index (κ2) is 4.29. The Balaban J connectivity index is 2.70. The van der Waals surface area contributed by atoms with E-state index in [1.807, 2.05) is 24.3 Å². The van der Waals surface area contributed by atoms with Crippen molar-refractivity contribution in [2.24, 2.45) is 5.73 Å². The number of fused-ring (bicyclic) bond motifs is 1. The predicted octanol–water partition coefficient (Wildman–Crippen LogP) is 2.73. The molecule has 2 aromatic rings. The summed E-state index contributed by atoms with van der Waals surface area (Å²) in [7, 11) is 0. The summed E-state index contributed by atoms with van der Waals surface area (Å²) < 4.78 is 0. The number of rotatable bonds is 2. The first-order valence-corrected chi connectivity index (χ1v) is 5.89. The van der Waals surface area contributed by atoms with Gasteiger partial charge in [-0.2, -0.15) is 0 Å². The maximum absolute atomic E-state index is 7.66. The molecule has 1 aromatic heterocycles. The highest BCUT2D eigenvalue weighted by molar-refractivity contribution is 6.07. The van der Waals surface area contributed by atoms with Crippen LogP contribution in [0, 0.1) is 5.41 Å². The first-order chi connectivity index (χ1) is 8.38. The molecule has 1 heterocycles. The zero-order chi connectivity index (χ0) is 13.3. The molecule has 2 rings (SSSR count). The molecule has 4 heteroatoms. The molecule has 0 aliphatic rings. The highest BCUT2D eigenvalue weighted by Gasteiger charge is 2.16. The number of hydrogen-bond donors (Lipinski definition) is 3. The largest absolute Gasteiger partial charge is 0.384 e. The average molecular weight is 242 g/mol. The molecular weight excluding hydrogens is 224 g/mol. The van der Waals surface area contributed by atoms with Gasteiger partial charge in [-0.05, 0) is 26.8 Å². The van der Waals surface area contributed by atoms with E-state index in [1.54, 1.807) is 6.20 Å². The zero-order valence-electron chi connectivity index (χ0n) is 10.9. The van der Waals surface area contributed by atoms with Crippen LogP contribution in [-0.4, -0.2) is 16.4 Å². The normalized spacial score (nSPS) is 11.5. The van der Waals surface area contributed by atoms with Crippen LogP contribution in [0.25, 0.3) is 10.9 Å². The molecule has 94 valence electrons. The standard InChI is InChI=1S/C14H18N4/c1-14(2,3)18-12-9-6-4-5-7-11(9)17-8-10(12)13(15)16/h4-8H,1-3H3,(H3,15,16)(H,17,18). The Hall–Kier alpha value is -2.10. The molecule has 1 aromatic carbocycles. The van der Waals surface area contributed by atoms with Gasteiger partial charge < -0.3 is 11.1 Å². The number of nitrogens with zero attached hydrogens (tertiary/aromatic N) is 1. The molecule has 0 aliphatic heterocycles. The third-order valence-electron chi connectivity index (χ3n) is 2.57. The fourth-order valence-electron chi connectivity index (χ4n) is 1.86. The van der Waals surface area contributed by atoms with Crippen molar-refractivity contribution < 1.29 is 0 Å². The number of nitrogens with one attached hydrogen (secondary N) is 2. The van der Waals surface area contributed by atoms with Crippen LogP contribution >= 0.6 is 0 Å². The summed E-state index contributed by atoms with van der Waals surface area (Å²) in [5, 5.41) is 12.1. The number of pyridine rings is 1. The molecule has 0 fully saturated rings. The highest BCUT2D eigenvalue weighted by Crippen LogP contribution is 2.28. The van der Waals surface area contributed by atoms with Gasteiger partial charge in [0.25, 0.3) is 0 Å². The number of hydrogen-bond acceptors (Lipinski definition) is 3. The molecule has 0 radical (unpaired) electrons. The van der Waals surface area contributed by atoms with E-state index >= 15 is 0 Å². The summed E-state index contributed by atoms with van der Waals surface area (Å²) in [4.78, 5) is 4.33. The van der Waals surface area contributed by atoms with E-state index in [9.17, 15) is 0 Å². The second-order valence-corrected chi connectivity index (χ2v) is 5.35. The summed E-state index contributed by atoms with van der Waals surface area (Å²) in [5.41, 5.74) is 7.94. The van der Waals surface area contributed by atoms with Crippen molar-refractivity contribution in [2.45, 2.75) is 26.3 Å². The summed E-state index contributed by atoms with van der Waals surface area (Å²) in [5.74, 6) is 0.0278. The van der Waals surface area contributed by atoms with Crippen LogP contribution in [0.4, 0.5) is 5.69 Å². The molecular formula is C14H18N4. The van der Waals surface area contributed by atoms with Crippen molar-refractivity contribution in [2.75, 3.05) is 5.32 Å². The van der Waals surface area contributed by atoms with Gasteiger partial charge in [0.05, 0.1) is 16.8 Å². The number of nitrogens with two attached hydrogens (primary N) is 1. The lowest BCUT2D eigenvalue weighted by atomic mass is 10.0. The predicted molar refractivity (Wildman–Crippen MR) is 76.1 cm³/mol. The van der Waals surface area contributed by atoms with Crippen LogP contribution in [-0.2, 0) is 0 Å². The van der Waals surface area contributed by atoms with Crippen LogP contribution in [0.3, 0.4) is 0 Å². The maximum Gasteiger partial charge on any atom is 0.126 e. The number of anilines is 1. The van der Waals surface area contributed by atoms with Crippen molar-refractivity contribution in [3.05, 3.63) is 36.0 Å².